The van der Waals surface area contributed by atoms with Crippen molar-refractivity contribution in [3.63, 3.8) is 0 Å². The number of rotatable bonds is 3. The van der Waals surface area contributed by atoms with E-state index in [0.29, 0.717) is 6.42 Å². The van der Waals surface area contributed by atoms with E-state index in [2.05, 4.69) is 4.74 Å². The summed E-state index contributed by atoms with van der Waals surface area (Å²) >= 11 is 0. The van der Waals surface area contributed by atoms with Gasteiger partial charge < -0.3 is 9.47 Å². The Kier molecular flexibility index (Phi) is 3.59. The molecule has 4 nitrogen and oxygen atoms in total. The highest BCUT2D eigenvalue weighted by atomic mass is 16.5. The van der Waals surface area contributed by atoms with E-state index in [9.17, 15) is 9.59 Å². The Morgan fingerprint density at radius 1 is 1.57 bits per heavy atom. The molecule has 0 amide bonds. The standard InChI is InChI=1S/C10H12O4/c1-13-9-6-7(5-8(9)11)3-4-10(12)14-2/h3-5,9H,6H2,1-2H3/b4-3+. The lowest BCUT2D eigenvalue weighted by Crippen LogP contribution is -2.15. The molecule has 1 aliphatic rings. The zero-order chi connectivity index (χ0) is 10.6. The molecule has 0 N–H and O–H groups in total. The SMILES string of the molecule is COC(=O)/C=C/C1=CC(=O)C(OC)C1. The van der Waals surface area contributed by atoms with Gasteiger partial charge in [-0.15, -0.1) is 0 Å². The Hall–Kier alpha value is -1.42. The summed E-state index contributed by atoms with van der Waals surface area (Å²) in [6.45, 7) is 0. The number of ketones is 1. The summed E-state index contributed by atoms with van der Waals surface area (Å²) in [5.41, 5.74) is 0.784. The molecule has 4 heteroatoms. The lowest BCUT2D eigenvalue weighted by Gasteiger charge is -2.03. The summed E-state index contributed by atoms with van der Waals surface area (Å²) in [6, 6.07) is 0. The molecular formula is C10H12O4. The van der Waals surface area contributed by atoms with Crippen LogP contribution in [0.2, 0.25) is 0 Å². The van der Waals surface area contributed by atoms with Crippen LogP contribution in [0.15, 0.2) is 23.8 Å². The van der Waals surface area contributed by atoms with Gasteiger partial charge in [0.25, 0.3) is 0 Å². The predicted octanol–water partition coefficient (Wildman–Crippen LogP) is 0.630. The number of ether oxygens (including phenoxy) is 2. The van der Waals surface area contributed by atoms with Crippen molar-refractivity contribution < 1.29 is 19.1 Å². The number of hydrogen-bond acceptors (Lipinski definition) is 4. The number of methoxy groups -OCH3 is 2. The molecule has 0 radical (unpaired) electrons. The van der Waals surface area contributed by atoms with Crippen molar-refractivity contribution in [1.82, 2.24) is 0 Å². The summed E-state index contributed by atoms with van der Waals surface area (Å²) in [5, 5.41) is 0. The molecule has 0 aromatic carbocycles. The first-order chi connectivity index (χ1) is 6.67. The predicted molar refractivity (Wildman–Crippen MR) is 49.7 cm³/mol. The Morgan fingerprint density at radius 3 is 2.79 bits per heavy atom. The Bertz CT molecular complexity index is 301. The molecular weight excluding hydrogens is 184 g/mol. The highest BCUT2D eigenvalue weighted by molar-refractivity contribution is 5.98. The molecule has 0 fully saturated rings. The molecule has 1 atom stereocenters. The number of allylic oxidation sites excluding steroid dienone is 1. The van der Waals surface area contributed by atoms with Crippen LogP contribution in [0, 0.1) is 0 Å². The summed E-state index contributed by atoms with van der Waals surface area (Å²) < 4.78 is 9.36. The molecule has 0 aromatic heterocycles. The topological polar surface area (TPSA) is 52.6 Å². The van der Waals surface area contributed by atoms with E-state index in [0.717, 1.165) is 5.57 Å². The third kappa shape index (κ3) is 2.53. The maximum atomic E-state index is 11.2. The minimum atomic E-state index is -0.431. The van der Waals surface area contributed by atoms with E-state index in [1.54, 1.807) is 6.08 Å². The minimum Gasteiger partial charge on any atom is -0.466 e. The van der Waals surface area contributed by atoms with Crippen LogP contribution in [0.1, 0.15) is 6.42 Å². The smallest absolute Gasteiger partial charge is 0.330 e. The average Bonchev–Trinajstić information content (AvgIpc) is 2.55. The molecule has 1 unspecified atom stereocenters. The van der Waals surface area contributed by atoms with E-state index in [1.165, 1.54) is 26.4 Å². The van der Waals surface area contributed by atoms with Crippen molar-refractivity contribution >= 4 is 11.8 Å². The molecule has 1 aliphatic carbocycles. The van der Waals surface area contributed by atoms with E-state index < -0.39 is 12.1 Å². The van der Waals surface area contributed by atoms with Gasteiger partial charge in [0.2, 0.25) is 0 Å². The molecule has 76 valence electrons. The summed E-state index contributed by atoms with van der Waals surface area (Å²) in [7, 11) is 2.79. The zero-order valence-electron chi connectivity index (χ0n) is 8.15. The van der Waals surface area contributed by atoms with E-state index in [1.807, 2.05) is 0 Å². The number of carbonyl (C=O) groups is 2. The first kappa shape index (κ1) is 10.7. The second-order valence-corrected chi connectivity index (χ2v) is 2.91. The molecule has 0 aromatic rings. The maximum Gasteiger partial charge on any atom is 0.330 e. The molecule has 0 aliphatic heterocycles. The van der Waals surface area contributed by atoms with Crippen molar-refractivity contribution in [1.29, 1.82) is 0 Å². The molecule has 0 heterocycles. The van der Waals surface area contributed by atoms with Crippen LogP contribution in [-0.2, 0) is 19.1 Å². The molecule has 0 saturated heterocycles. The number of hydrogen-bond donors (Lipinski definition) is 0. The first-order valence-electron chi connectivity index (χ1n) is 4.20. The zero-order valence-corrected chi connectivity index (χ0v) is 8.15. The third-order valence-electron chi connectivity index (χ3n) is 1.99. The Morgan fingerprint density at radius 2 is 2.29 bits per heavy atom. The van der Waals surface area contributed by atoms with E-state index in [4.69, 9.17) is 4.74 Å². The lowest BCUT2D eigenvalue weighted by molar-refractivity contribution is -0.134. The van der Waals surface area contributed by atoms with Crippen molar-refractivity contribution in [2.45, 2.75) is 12.5 Å². The third-order valence-corrected chi connectivity index (χ3v) is 1.99. The average molecular weight is 196 g/mol. The van der Waals surface area contributed by atoms with Gasteiger partial charge in [-0.3, -0.25) is 4.79 Å². The minimum absolute atomic E-state index is 0.0583. The van der Waals surface area contributed by atoms with Gasteiger partial charge in [0.15, 0.2) is 5.78 Å². The van der Waals surface area contributed by atoms with E-state index in [-0.39, 0.29) is 5.78 Å². The van der Waals surface area contributed by atoms with Crippen molar-refractivity contribution in [2.24, 2.45) is 0 Å². The molecule has 14 heavy (non-hydrogen) atoms. The van der Waals surface area contributed by atoms with E-state index >= 15 is 0 Å². The lowest BCUT2D eigenvalue weighted by atomic mass is 10.2. The van der Waals surface area contributed by atoms with Crippen LogP contribution < -0.4 is 0 Å². The highest BCUT2D eigenvalue weighted by Gasteiger charge is 2.23. The fraction of sp³-hybridized carbons (Fsp3) is 0.400. The second-order valence-electron chi connectivity index (χ2n) is 2.91. The van der Waals surface area contributed by atoms with Gasteiger partial charge >= 0.3 is 5.97 Å². The van der Waals surface area contributed by atoms with Gasteiger partial charge in [-0.2, -0.15) is 0 Å². The van der Waals surface area contributed by atoms with Gasteiger partial charge in [-0.05, 0) is 11.6 Å². The van der Waals surface area contributed by atoms with Crippen LogP contribution in [-0.4, -0.2) is 32.1 Å². The van der Waals surface area contributed by atoms with Crippen LogP contribution in [0.4, 0.5) is 0 Å². The molecule has 0 bridgehead atoms. The molecule has 0 spiro atoms. The summed E-state index contributed by atoms with van der Waals surface area (Å²) in [5.74, 6) is -0.490. The van der Waals surface area contributed by atoms with Gasteiger partial charge in [-0.1, -0.05) is 6.08 Å². The monoisotopic (exact) mass is 196 g/mol. The highest BCUT2D eigenvalue weighted by Crippen LogP contribution is 2.18. The summed E-state index contributed by atoms with van der Waals surface area (Å²) in [6.07, 6.45) is 4.46. The Labute approximate surface area is 82.2 Å². The second kappa shape index (κ2) is 4.72. The van der Waals surface area contributed by atoms with Gasteiger partial charge in [0.05, 0.1) is 7.11 Å². The quantitative estimate of drug-likeness (QED) is 0.490. The fourth-order valence-corrected chi connectivity index (χ4v) is 1.21. The number of carbonyl (C=O) groups excluding carboxylic acids is 2. The fourth-order valence-electron chi connectivity index (χ4n) is 1.21. The van der Waals surface area contributed by atoms with Crippen molar-refractivity contribution in [2.75, 3.05) is 14.2 Å². The maximum absolute atomic E-state index is 11.2. The normalized spacial score (nSPS) is 21.4. The Balaban J connectivity index is 2.57. The molecule has 0 saturated carbocycles. The van der Waals surface area contributed by atoms with Crippen LogP contribution in [0.3, 0.4) is 0 Å². The van der Waals surface area contributed by atoms with Gasteiger partial charge in [-0.25, -0.2) is 4.79 Å². The summed E-state index contributed by atoms with van der Waals surface area (Å²) in [4.78, 5) is 21.9. The van der Waals surface area contributed by atoms with Gasteiger partial charge in [0.1, 0.15) is 6.10 Å². The first-order valence-corrected chi connectivity index (χ1v) is 4.20. The number of esters is 1. The van der Waals surface area contributed by atoms with Crippen LogP contribution >= 0.6 is 0 Å². The largest absolute Gasteiger partial charge is 0.466 e. The van der Waals surface area contributed by atoms with Crippen molar-refractivity contribution in [3.05, 3.63) is 23.8 Å². The van der Waals surface area contributed by atoms with Crippen molar-refractivity contribution in [3.8, 4) is 0 Å². The van der Waals surface area contributed by atoms with Crippen LogP contribution in [0.25, 0.3) is 0 Å². The van der Waals surface area contributed by atoms with Crippen LogP contribution in [0.5, 0.6) is 0 Å². The molecule has 1 rings (SSSR count). The van der Waals surface area contributed by atoms with Gasteiger partial charge in [0, 0.05) is 19.6 Å².